The third-order valence-electron chi connectivity index (χ3n) is 4.14. The number of amides is 1. The van der Waals surface area contributed by atoms with Gasteiger partial charge in [0.05, 0.1) is 5.69 Å². The second-order valence-corrected chi connectivity index (χ2v) is 6.24. The van der Waals surface area contributed by atoms with E-state index in [4.69, 9.17) is 5.11 Å². The van der Waals surface area contributed by atoms with Gasteiger partial charge >= 0.3 is 5.97 Å². The van der Waals surface area contributed by atoms with E-state index in [0.717, 1.165) is 16.7 Å². The van der Waals surface area contributed by atoms with Crippen molar-refractivity contribution in [3.8, 4) is 16.9 Å². The number of aryl methyl sites for hydroxylation is 1. The average Bonchev–Trinajstić information content (AvgIpc) is 2.70. The fraction of sp³-hybridized carbons (Fsp3) is 0.143. The van der Waals surface area contributed by atoms with Crippen molar-refractivity contribution >= 4 is 11.9 Å². The molecule has 3 rings (SSSR count). The molecule has 28 heavy (non-hydrogen) atoms. The van der Waals surface area contributed by atoms with Gasteiger partial charge in [-0.25, -0.2) is 9.97 Å². The molecule has 2 aromatic carbocycles. The van der Waals surface area contributed by atoms with Crippen molar-refractivity contribution in [2.75, 3.05) is 6.54 Å². The van der Waals surface area contributed by atoms with Gasteiger partial charge in [0.1, 0.15) is 12.4 Å². The Balaban J connectivity index is 1.80. The Morgan fingerprint density at radius 2 is 1.61 bits per heavy atom. The molecule has 0 radical (unpaired) electrons. The van der Waals surface area contributed by atoms with E-state index in [1.54, 1.807) is 6.92 Å². The topological polar surface area (TPSA) is 112 Å². The van der Waals surface area contributed by atoms with Gasteiger partial charge in [-0.1, -0.05) is 54.6 Å². The van der Waals surface area contributed by atoms with Gasteiger partial charge in [0, 0.05) is 6.42 Å². The predicted octanol–water partition coefficient (Wildman–Crippen LogP) is 2.56. The summed E-state index contributed by atoms with van der Waals surface area (Å²) >= 11 is 0. The molecule has 7 nitrogen and oxygen atoms in total. The van der Waals surface area contributed by atoms with Gasteiger partial charge in [-0.05, 0) is 23.6 Å². The van der Waals surface area contributed by atoms with Crippen LogP contribution in [0.2, 0.25) is 0 Å². The summed E-state index contributed by atoms with van der Waals surface area (Å²) in [7, 11) is 0. The highest BCUT2D eigenvalue weighted by molar-refractivity contribution is 5.96. The number of rotatable bonds is 6. The van der Waals surface area contributed by atoms with Crippen LogP contribution >= 0.6 is 0 Å². The van der Waals surface area contributed by atoms with E-state index in [-0.39, 0.29) is 17.1 Å². The van der Waals surface area contributed by atoms with Crippen molar-refractivity contribution in [1.82, 2.24) is 15.3 Å². The zero-order valence-electron chi connectivity index (χ0n) is 15.2. The number of aliphatic carboxylic acids is 1. The normalized spacial score (nSPS) is 10.5. The van der Waals surface area contributed by atoms with Crippen molar-refractivity contribution < 1.29 is 19.8 Å². The number of nitrogens with zero attached hydrogens (tertiary/aromatic N) is 2. The Kier molecular flexibility index (Phi) is 5.64. The summed E-state index contributed by atoms with van der Waals surface area (Å²) < 4.78 is 0. The molecule has 1 heterocycles. The minimum atomic E-state index is -1.18. The quantitative estimate of drug-likeness (QED) is 0.609. The van der Waals surface area contributed by atoms with E-state index in [1.807, 2.05) is 54.6 Å². The number of carbonyl (C=O) groups is 2. The van der Waals surface area contributed by atoms with Crippen molar-refractivity contribution in [1.29, 1.82) is 0 Å². The largest absolute Gasteiger partial charge is 0.504 e. The fourth-order valence-electron chi connectivity index (χ4n) is 2.73. The van der Waals surface area contributed by atoms with Crippen LogP contribution in [0.3, 0.4) is 0 Å². The lowest BCUT2D eigenvalue weighted by molar-refractivity contribution is -0.135. The van der Waals surface area contributed by atoms with Gasteiger partial charge in [-0.15, -0.1) is 0 Å². The van der Waals surface area contributed by atoms with Gasteiger partial charge < -0.3 is 15.5 Å². The van der Waals surface area contributed by atoms with E-state index >= 15 is 0 Å². The molecule has 0 saturated heterocycles. The Labute approximate surface area is 161 Å². The maximum absolute atomic E-state index is 12.1. The smallest absolute Gasteiger partial charge is 0.322 e. The first-order valence-corrected chi connectivity index (χ1v) is 8.65. The molecule has 0 atom stereocenters. The van der Waals surface area contributed by atoms with Crippen LogP contribution in [-0.2, 0) is 11.2 Å². The van der Waals surface area contributed by atoms with Gasteiger partial charge in [0.15, 0.2) is 11.4 Å². The van der Waals surface area contributed by atoms with Crippen molar-refractivity contribution in [3.63, 3.8) is 0 Å². The molecule has 1 amide bonds. The van der Waals surface area contributed by atoms with Crippen molar-refractivity contribution in [2.24, 2.45) is 0 Å². The molecule has 0 bridgehead atoms. The number of carboxylic acid groups (broad SMARTS) is 1. The number of nitrogens with one attached hydrogen (secondary N) is 1. The summed E-state index contributed by atoms with van der Waals surface area (Å²) in [5, 5.41) is 20.9. The van der Waals surface area contributed by atoms with Crippen LogP contribution in [-0.4, -0.2) is 38.6 Å². The molecule has 0 aliphatic heterocycles. The Morgan fingerprint density at radius 3 is 2.25 bits per heavy atom. The monoisotopic (exact) mass is 377 g/mol. The Hall–Kier alpha value is -3.74. The molecule has 142 valence electrons. The fourth-order valence-corrected chi connectivity index (χ4v) is 2.73. The third-order valence-corrected chi connectivity index (χ3v) is 4.14. The second kappa shape index (κ2) is 8.30. The Bertz CT molecular complexity index is 1000. The Morgan fingerprint density at radius 1 is 0.964 bits per heavy atom. The standard InChI is InChI=1S/C21H19N3O4/c1-13-20(27)19(21(28)22-12-18(25)26)24-17(23-13)11-14-7-9-16(10-8-14)15-5-3-2-4-6-15/h2-10,27H,11-12H2,1H3,(H,22,28)(H,25,26). The minimum Gasteiger partial charge on any atom is -0.504 e. The van der Waals surface area contributed by atoms with Crippen LogP contribution in [0.25, 0.3) is 11.1 Å². The van der Waals surface area contributed by atoms with E-state index in [9.17, 15) is 14.7 Å². The highest BCUT2D eigenvalue weighted by Crippen LogP contribution is 2.22. The van der Waals surface area contributed by atoms with Crippen LogP contribution in [0.15, 0.2) is 54.6 Å². The van der Waals surface area contributed by atoms with E-state index in [1.165, 1.54) is 0 Å². The summed E-state index contributed by atoms with van der Waals surface area (Å²) in [4.78, 5) is 31.1. The van der Waals surface area contributed by atoms with Crippen LogP contribution in [0.1, 0.15) is 27.6 Å². The highest BCUT2D eigenvalue weighted by Gasteiger charge is 2.18. The minimum absolute atomic E-state index is 0.232. The summed E-state index contributed by atoms with van der Waals surface area (Å²) in [5.74, 6) is -1.93. The number of aromatic nitrogens is 2. The predicted molar refractivity (Wildman–Crippen MR) is 103 cm³/mol. The molecule has 1 aromatic heterocycles. The van der Waals surface area contributed by atoms with E-state index in [0.29, 0.717) is 12.2 Å². The summed E-state index contributed by atoms with van der Waals surface area (Å²) in [6.45, 7) is 1.00. The number of carboxylic acids is 1. The molecule has 3 N–H and O–H groups in total. The molecule has 0 aliphatic rings. The van der Waals surface area contributed by atoms with Gasteiger partial charge in [0.2, 0.25) is 0 Å². The first-order chi connectivity index (χ1) is 13.4. The third kappa shape index (κ3) is 4.50. The molecule has 7 heteroatoms. The number of hydrogen-bond donors (Lipinski definition) is 3. The molecular weight excluding hydrogens is 358 g/mol. The zero-order valence-corrected chi connectivity index (χ0v) is 15.2. The number of aromatic hydroxyl groups is 1. The number of carbonyl (C=O) groups excluding carboxylic acids is 1. The maximum Gasteiger partial charge on any atom is 0.322 e. The lowest BCUT2D eigenvalue weighted by Crippen LogP contribution is -2.30. The number of hydrogen-bond acceptors (Lipinski definition) is 5. The number of benzene rings is 2. The van der Waals surface area contributed by atoms with E-state index in [2.05, 4.69) is 15.3 Å². The molecule has 0 spiro atoms. The lowest BCUT2D eigenvalue weighted by Gasteiger charge is -2.09. The van der Waals surface area contributed by atoms with Crippen LogP contribution in [0.4, 0.5) is 0 Å². The second-order valence-electron chi connectivity index (χ2n) is 6.24. The van der Waals surface area contributed by atoms with Gasteiger partial charge in [0.25, 0.3) is 5.91 Å². The summed E-state index contributed by atoms with van der Waals surface area (Å²) in [5.41, 5.74) is 3.17. The van der Waals surface area contributed by atoms with Crippen LogP contribution in [0.5, 0.6) is 5.75 Å². The average molecular weight is 377 g/mol. The van der Waals surface area contributed by atoms with Crippen LogP contribution < -0.4 is 5.32 Å². The van der Waals surface area contributed by atoms with Crippen molar-refractivity contribution in [3.05, 3.63) is 77.4 Å². The SMILES string of the molecule is Cc1nc(Cc2ccc(-c3ccccc3)cc2)nc(C(=O)NCC(=O)O)c1O. The first kappa shape index (κ1) is 19.0. The van der Waals surface area contributed by atoms with Crippen LogP contribution in [0, 0.1) is 6.92 Å². The summed E-state index contributed by atoms with van der Waals surface area (Å²) in [6, 6.07) is 17.9. The highest BCUT2D eigenvalue weighted by atomic mass is 16.4. The van der Waals surface area contributed by atoms with Crippen molar-refractivity contribution in [2.45, 2.75) is 13.3 Å². The molecule has 0 fully saturated rings. The zero-order chi connectivity index (χ0) is 20.1. The first-order valence-electron chi connectivity index (χ1n) is 8.65. The van der Waals surface area contributed by atoms with Gasteiger partial charge in [-0.2, -0.15) is 0 Å². The molecule has 0 aliphatic carbocycles. The lowest BCUT2D eigenvalue weighted by atomic mass is 10.0. The molecule has 0 unspecified atom stereocenters. The van der Waals surface area contributed by atoms with E-state index < -0.39 is 18.4 Å². The maximum atomic E-state index is 12.1. The molecule has 3 aromatic rings. The molecular formula is C21H19N3O4. The van der Waals surface area contributed by atoms with Gasteiger partial charge in [-0.3, -0.25) is 9.59 Å². The summed E-state index contributed by atoms with van der Waals surface area (Å²) in [6.07, 6.45) is 0.370. The molecule has 0 saturated carbocycles.